The van der Waals surface area contributed by atoms with Gasteiger partial charge >= 0.3 is 12.4 Å². The monoisotopic (exact) mass is 374 g/mol. The van der Waals surface area contributed by atoms with Gasteiger partial charge < -0.3 is 14.5 Å². The van der Waals surface area contributed by atoms with Gasteiger partial charge in [0.1, 0.15) is 5.82 Å². The lowest BCUT2D eigenvalue weighted by Gasteiger charge is -2.13. The van der Waals surface area contributed by atoms with E-state index >= 15 is 0 Å². The lowest BCUT2D eigenvalue weighted by Crippen LogP contribution is -2.11. The van der Waals surface area contributed by atoms with E-state index in [0.717, 1.165) is 0 Å². The number of aromatic nitrogens is 2. The molecule has 0 spiro atoms. The summed E-state index contributed by atoms with van der Waals surface area (Å²) >= 11 is 0. The highest BCUT2D eigenvalue weighted by Gasteiger charge is 2.37. The zero-order chi connectivity index (χ0) is 18.7. The Morgan fingerprint density at radius 3 is 1.96 bits per heavy atom. The third-order valence-electron chi connectivity index (χ3n) is 3.84. The maximum Gasteiger partial charge on any atom is 0.416 e. The van der Waals surface area contributed by atoms with Crippen LogP contribution in [-0.4, -0.2) is 16.8 Å². The van der Waals surface area contributed by atoms with Crippen LogP contribution in [0.3, 0.4) is 0 Å². The number of nitrogens with zero attached hydrogens (tertiary/aromatic N) is 1. The van der Waals surface area contributed by atoms with Crippen molar-refractivity contribution in [1.82, 2.24) is 9.97 Å². The largest absolute Gasteiger partial charge is 0.454 e. The van der Waals surface area contributed by atoms with Crippen molar-refractivity contribution in [2.24, 2.45) is 0 Å². The van der Waals surface area contributed by atoms with Gasteiger partial charge in [-0.25, -0.2) is 4.98 Å². The Bertz CT molecular complexity index is 933. The highest BCUT2D eigenvalue weighted by molar-refractivity contribution is 5.83. The molecular weight excluding hydrogens is 366 g/mol. The van der Waals surface area contributed by atoms with Gasteiger partial charge in [0.15, 0.2) is 11.5 Å². The van der Waals surface area contributed by atoms with Gasteiger partial charge in [-0.15, -0.1) is 0 Å². The molecule has 1 N–H and O–H groups in total. The molecule has 0 saturated heterocycles. The first kappa shape index (κ1) is 16.6. The van der Waals surface area contributed by atoms with E-state index in [1.807, 2.05) is 0 Å². The summed E-state index contributed by atoms with van der Waals surface area (Å²) in [6, 6.07) is 4.33. The summed E-state index contributed by atoms with van der Waals surface area (Å²) in [5.74, 6) is 0.684. The molecule has 0 fully saturated rings. The van der Waals surface area contributed by atoms with Crippen molar-refractivity contribution in [3.05, 3.63) is 41.5 Å². The van der Waals surface area contributed by atoms with Crippen molar-refractivity contribution in [3.63, 3.8) is 0 Å². The second-order valence-electron chi connectivity index (χ2n) is 5.60. The molecule has 2 heterocycles. The Labute approximate surface area is 141 Å². The SMILES string of the molecule is FC(F)(F)c1cc(-c2nc3cc4c(cc3[nH]2)OCO4)cc(C(F)(F)F)c1. The average molecular weight is 374 g/mol. The standard InChI is InChI=1S/C16H8F6N2O2/c17-15(18,19)8-1-7(2-9(3-8)16(20,21)22)14-23-10-4-12-13(26-6-25-12)5-11(10)24-14/h1-5H,6H2,(H,23,24). The molecule has 136 valence electrons. The van der Waals surface area contributed by atoms with Crippen LogP contribution >= 0.6 is 0 Å². The van der Waals surface area contributed by atoms with Crippen LogP contribution in [0.15, 0.2) is 30.3 Å². The van der Waals surface area contributed by atoms with E-state index in [0.29, 0.717) is 34.7 Å². The fourth-order valence-corrected chi connectivity index (χ4v) is 2.63. The molecule has 0 radical (unpaired) electrons. The lowest BCUT2D eigenvalue weighted by molar-refractivity contribution is -0.143. The summed E-state index contributed by atoms with van der Waals surface area (Å²) in [6.07, 6.45) is -9.85. The summed E-state index contributed by atoms with van der Waals surface area (Å²) < 4.78 is 88.3. The van der Waals surface area contributed by atoms with Gasteiger partial charge in [0.25, 0.3) is 0 Å². The molecule has 1 aliphatic heterocycles. The molecule has 0 atom stereocenters. The minimum atomic E-state index is -4.93. The Morgan fingerprint density at radius 1 is 0.808 bits per heavy atom. The molecule has 4 rings (SSSR count). The molecule has 0 saturated carbocycles. The van der Waals surface area contributed by atoms with Crippen LogP contribution in [0, 0.1) is 0 Å². The average Bonchev–Trinajstić information content (AvgIpc) is 3.15. The number of hydrogen-bond donors (Lipinski definition) is 1. The normalized spacial score (nSPS) is 14.2. The highest BCUT2D eigenvalue weighted by atomic mass is 19.4. The molecule has 1 aliphatic rings. The molecule has 26 heavy (non-hydrogen) atoms. The van der Waals surface area contributed by atoms with Gasteiger partial charge in [-0.2, -0.15) is 26.3 Å². The van der Waals surface area contributed by atoms with Gasteiger partial charge in [0.2, 0.25) is 6.79 Å². The van der Waals surface area contributed by atoms with Crippen molar-refractivity contribution in [2.75, 3.05) is 6.79 Å². The predicted octanol–water partition coefficient (Wildman–Crippen LogP) is 5.00. The molecule has 0 aliphatic carbocycles. The molecule has 2 aromatic carbocycles. The first-order chi connectivity index (χ1) is 12.1. The summed E-state index contributed by atoms with van der Waals surface area (Å²) in [4.78, 5) is 6.80. The first-order valence-electron chi connectivity index (χ1n) is 7.20. The highest BCUT2D eigenvalue weighted by Crippen LogP contribution is 2.40. The number of ether oxygens (including phenoxy) is 2. The summed E-state index contributed by atoms with van der Waals surface area (Å²) in [5.41, 5.74) is -2.41. The molecule has 10 heteroatoms. The number of nitrogens with one attached hydrogen (secondary N) is 1. The van der Waals surface area contributed by atoms with Crippen molar-refractivity contribution in [1.29, 1.82) is 0 Å². The van der Waals surface area contributed by atoms with Crippen LogP contribution in [0.4, 0.5) is 26.3 Å². The van der Waals surface area contributed by atoms with Crippen molar-refractivity contribution in [2.45, 2.75) is 12.4 Å². The number of halogens is 6. The van der Waals surface area contributed by atoms with E-state index in [4.69, 9.17) is 9.47 Å². The molecule has 0 bridgehead atoms. The van der Waals surface area contributed by atoms with E-state index < -0.39 is 23.5 Å². The Kier molecular flexibility index (Phi) is 3.37. The van der Waals surface area contributed by atoms with Crippen LogP contribution in [-0.2, 0) is 12.4 Å². The van der Waals surface area contributed by atoms with Crippen LogP contribution in [0.25, 0.3) is 22.4 Å². The minimum Gasteiger partial charge on any atom is -0.454 e. The van der Waals surface area contributed by atoms with Crippen molar-refractivity contribution >= 4 is 11.0 Å². The summed E-state index contributed by atoms with van der Waals surface area (Å²) in [6.45, 7) is 0.0252. The quantitative estimate of drug-likeness (QED) is 0.610. The van der Waals surface area contributed by atoms with Gasteiger partial charge in [-0.3, -0.25) is 0 Å². The van der Waals surface area contributed by atoms with Crippen LogP contribution in [0.2, 0.25) is 0 Å². The molecule has 0 amide bonds. The van der Waals surface area contributed by atoms with E-state index in [2.05, 4.69) is 9.97 Å². The second kappa shape index (κ2) is 5.29. The molecular formula is C16H8F6N2O2. The third kappa shape index (κ3) is 2.80. The molecule has 0 unspecified atom stereocenters. The summed E-state index contributed by atoms with van der Waals surface area (Å²) in [5, 5.41) is 0. The van der Waals surface area contributed by atoms with Crippen LogP contribution in [0.5, 0.6) is 11.5 Å². The number of benzene rings is 2. The molecule has 3 aromatic rings. The Hall–Kier alpha value is -2.91. The Morgan fingerprint density at radius 2 is 1.38 bits per heavy atom. The smallest absolute Gasteiger partial charge is 0.416 e. The molecule has 4 nitrogen and oxygen atoms in total. The fraction of sp³-hybridized carbons (Fsp3) is 0.188. The number of hydrogen-bond acceptors (Lipinski definition) is 3. The van der Waals surface area contributed by atoms with Crippen molar-refractivity contribution < 1.29 is 35.8 Å². The number of rotatable bonds is 1. The maximum absolute atomic E-state index is 13.0. The topological polar surface area (TPSA) is 47.1 Å². The second-order valence-corrected chi connectivity index (χ2v) is 5.60. The number of imidazole rings is 1. The zero-order valence-electron chi connectivity index (χ0n) is 12.6. The fourth-order valence-electron chi connectivity index (χ4n) is 2.63. The van der Waals surface area contributed by atoms with Crippen LogP contribution in [0.1, 0.15) is 11.1 Å². The summed E-state index contributed by atoms with van der Waals surface area (Å²) in [7, 11) is 0. The van der Waals surface area contributed by atoms with Gasteiger partial charge in [-0.05, 0) is 18.2 Å². The van der Waals surface area contributed by atoms with Crippen LogP contribution < -0.4 is 9.47 Å². The minimum absolute atomic E-state index is 0.0252. The maximum atomic E-state index is 13.0. The number of fused-ring (bicyclic) bond motifs is 2. The van der Waals surface area contributed by atoms with Gasteiger partial charge in [-0.1, -0.05) is 0 Å². The number of H-pyrrole nitrogens is 1. The first-order valence-corrected chi connectivity index (χ1v) is 7.20. The van der Waals surface area contributed by atoms with E-state index in [-0.39, 0.29) is 24.2 Å². The lowest BCUT2D eigenvalue weighted by atomic mass is 10.0. The van der Waals surface area contributed by atoms with E-state index in [1.54, 1.807) is 0 Å². The Balaban J connectivity index is 1.88. The van der Waals surface area contributed by atoms with Gasteiger partial charge in [0, 0.05) is 17.7 Å². The molecule has 1 aromatic heterocycles. The van der Waals surface area contributed by atoms with Crippen molar-refractivity contribution in [3.8, 4) is 22.9 Å². The number of alkyl halides is 6. The number of aromatic amines is 1. The third-order valence-corrected chi connectivity index (χ3v) is 3.84. The zero-order valence-corrected chi connectivity index (χ0v) is 12.6. The van der Waals surface area contributed by atoms with E-state index in [9.17, 15) is 26.3 Å². The predicted molar refractivity (Wildman–Crippen MR) is 77.7 cm³/mol. The van der Waals surface area contributed by atoms with E-state index in [1.165, 1.54) is 12.1 Å². The van der Waals surface area contributed by atoms with Gasteiger partial charge in [0.05, 0.1) is 22.2 Å².